The molecule has 3 N–H and O–H groups in total. The molecule has 2 aliphatic rings. The summed E-state index contributed by atoms with van der Waals surface area (Å²) in [4.78, 5) is 49.1. The molecule has 35 heavy (non-hydrogen) atoms. The number of carbonyl (C=O) groups is 4. The number of anilines is 3. The van der Waals surface area contributed by atoms with Crippen molar-refractivity contribution in [2.24, 2.45) is 0 Å². The summed E-state index contributed by atoms with van der Waals surface area (Å²) in [5.41, 5.74) is 2.57. The quantitative estimate of drug-likeness (QED) is 0.555. The average molecular weight is 480 g/mol. The lowest BCUT2D eigenvalue weighted by Gasteiger charge is -2.33. The van der Waals surface area contributed by atoms with Crippen LogP contribution in [0.4, 0.5) is 17.1 Å². The highest BCUT2D eigenvalue weighted by Crippen LogP contribution is 2.38. The van der Waals surface area contributed by atoms with Gasteiger partial charge in [-0.2, -0.15) is 0 Å². The minimum Gasteiger partial charge on any atom is -0.478 e. The summed E-state index contributed by atoms with van der Waals surface area (Å²) < 4.78 is 0. The van der Waals surface area contributed by atoms with Crippen LogP contribution in [0.3, 0.4) is 0 Å². The molecule has 4 rings (SSSR count). The fraction of sp³-hybridized carbons (Fsp3) is 0.308. The molecule has 9 nitrogen and oxygen atoms in total. The summed E-state index contributed by atoms with van der Waals surface area (Å²) >= 11 is 0. The van der Waals surface area contributed by atoms with Crippen molar-refractivity contribution in [3.05, 3.63) is 66.2 Å². The van der Waals surface area contributed by atoms with E-state index in [1.165, 1.54) is 19.3 Å². The molecule has 1 atom stereocenters. The van der Waals surface area contributed by atoms with E-state index in [-0.39, 0.29) is 11.8 Å². The second kappa shape index (κ2) is 11.9. The Labute approximate surface area is 203 Å². The van der Waals surface area contributed by atoms with Gasteiger partial charge >= 0.3 is 11.9 Å². The summed E-state index contributed by atoms with van der Waals surface area (Å²) in [6.45, 7) is 4.05. The molecule has 2 aliphatic heterocycles. The van der Waals surface area contributed by atoms with E-state index >= 15 is 0 Å². The van der Waals surface area contributed by atoms with Gasteiger partial charge in [-0.15, -0.1) is 0 Å². The number of carboxylic acid groups (broad SMARTS) is 2. The second-order valence-electron chi connectivity index (χ2n) is 8.36. The fourth-order valence-electron chi connectivity index (χ4n) is 4.21. The first-order chi connectivity index (χ1) is 16.8. The zero-order valence-electron chi connectivity index (χ0n) is 19.5. The van der Waals surface area contributed by atoms with E-state index in [0.29, 0.717) is 41.6 Å². The molecule has 2 aromatic rings. The highest BCUT2D eigenvalue weighted by Gasteiger charge is 2.29. The minimum absolute atomic E-state index is 0.0178. The van der Waals surface area contributed by atoms with Gasteiger partial charge in [0.1, 0.15) is 0 Å². The minimum atomic E-state index is -1.26. The Balaban J connectivity index is 0.000000371. The van der Waals surface area contributed by atoms with E-state index in [4.69, 9.17) is 10.2 Å². The molecule has 0 bridgehead atoms. The molecule has 1 unspecified atom stereocenters. The van der Waals surface area contributed by atoms with E-state index in [0.717, 1.165) is 18.8 Å². The van der Waals surface area contributed by atoms with Gasteiger partial charge in [0.25, 0.3) is 5.91 Å². The zero-order valence-corrected chi connectivity index (χ0v) is 19.5. The Bertz CT molecular complexity index is 1110. The van der Waals surface area contributed by atoms with Gasteiger partial charge in [-0.05, 0) is 50.6 Å². The number of rotatable bonds is 5. The number of likely N-dealkylation sites (tertiary alicyclic amines) is 1. The first-order valence-electron chi connectivity index (χ1n) is 11.5. The molecule has 184 valence electrons. The molecule has 0 radical (unpaired) electrons. The van der Waals surface area contributed by atoms with Crippen LogP contribution in [0.5, 0.6) is 0 Å². The van der Waals surface area contributed by atoms with Crippen LogP contribution in [-0.2, 0) is 14.4 Å². The van der Waals surface area contributed by atoms with Crippen LogP contribution in [0.15, 0.2) is 60.7 Å². The first-order valence-corrected chi connectivity index (χ1v) is 11.5. The Morgan fingerprint density at radius 3 is 2.26 bits per heavy atom. The van der Waals surface area contributed by atoms with Gasteiger partial charge in [-0.25, -0.2) is 9.59 Å². The van der Waals surface area contributed by atoms with Crippen LogP contribution in [0.25, 0.3) is 0 Å². The number of aliphatic carboxylic acids is 2. The summed E-state index contributed by atoms with van der Waals surface area (Å²) in [6, 6.07) is 15.3. The lowest BCUT2D eigenvalue weighted by atomic mass is 10.0. The van der Waals surface area contributed by atoms with Gasteiger partial charge < -0.3 is 20.4 Å². The Morgan fingerprint density at radius 2 is 1.60 bits per heavy atom. The van der Waals surface area contributed by atoms with Crippen molar-refractivity contribution in [1.82, 2.24) is 4.90 Å². The molecule has 2 aromatic carbocycles. The normalized spacial score (nSPS) is 17.3. The Hall–Kier alpha value is -3.98. The predicted molar refractivity (Wildman–Crippen MR) is 132 cm³/mol. The predicted octanol–water partition coefficient (Wildman–Crippen LogP) is 3.89. The molecule has 1 saturated heterocycles. The third-order valence-electron chi connectivity index (χ3n) is 5.95. The Kier molecular flexibility index (Phi) is 8.74. The lowest BCUT2D eigenvalue weighted by molar-refractivity contribution is -0.134. The number of piperidine rings is 1. The van der Waals surface area contributed by atoms with Gasteiger partial charge in [-0.1, -0.05) is 30.7 Å². The van der Waals surface area contributed by atoms with Crippen LogP contribution < -0.4 is 10.2 Å². The maximum atomic E-state index is 13.3. The number of hydrogen-bond donors (Lipinski definition) is 3. The van der Waals surface area contributed by atoms with E-state index in [2.05, 4.69) is 17.1 Å². The SMILES string of the molecule is CC1CCCCN1CCC(=O)N1c2ccccc2NC(=O)c2ccccc21.O=C(O)C=CC(=O)O. The van der Waals surface area contributed by atoms with Crippen LogP contribution >= 0.6 is 0 Å². The van der Waals surface area contributed by atoms with Crippen LogP contribution in [0.1, 0.15) is 43.0 Å². The number of fused-ring (bicyclic) bond motifs is 2. The van der Waals surface area contributed by atoms with Crippen LogP contribution in [-0.4, -0.2) is 58.0 Å². The van der Waals surface area contributed by atoms with Gasteiger partial charge in [0.15, 0.2) is 0 Å². The number of nitrogens with one attached hydrogen (secondary N) is 1. The third-order valence-corrected chi connectivity index (χ3v) is 5.95. The molecule has 0 aromatic heterocycles. The van der Waals surface area contributed by atoms with Gasteiger partial charge in [0, 0.05) is 31.2 Å². The molecule has 9 heteroatoms. The summed E-state index contributed by atoms with van der Waals surface area (Å²) in [5, 5.41) is 18.6. The number of carboxylic acids is 2. The van der Waals surface area contributed by atoms with Gasteiger partial charge in [0.2, 0.25) is 5.91 Å². The van der Waals surface area contributed by atoms with Crippen molar-refractivity contribution in [1.29, 1.82) is 0 Å². The molecule has 0 spiro atoms. The van der Waals surface area contributed by atoms with Crippen molar-refractivity contribution in [2.45, 2.75) is 38.6 Å². The summed E-state index contributed by atoms with van der Waals surface area (Å²) in [5.74, 6) is -2.68. The second-order valence-corrected chi connectivity index (χ2v) is 8.36. The molecule has 2 heterocycles. The summed E-state index contributed by atoms with van der Waals surface area (Å²) in [6.07, 6.45) is 5.21. The van der Waals surface area contributed by atoms with Crippen molar-refractivity contribution < 1.29 is 29.4 Å². The van der Waals surface area contributed by atoms with Crippen LogP contribution in [0, 0.1) is 0 Å². The zero-order chi connectivity index (χ0) is 25.4. The van der Waals surface area contributed by atoms with E-state index in [1.54, 1.807) is 11.0 Å². The first kappa shape index (κ1) is 25.6. The van der Waals surface area contributed by atoms with Crippen LogP contribution in [0.2, 0.25) is 0 Å². The van der Waals surface area contributed by atoms with Crippen molar-refractivity contribution in [2.75, 3.05) is 23.3 Å². The molecule has 0 saturated carbocycles. The van der Waals surface area contributed by atoms with Crippen molar-refractivity contribution in [3.8, 4) is 0 Å². The third kappa shape index (κ3) is 6.77. The molecule has 0 aliphatic carbocycles. The van der Waals surface area contributed by atoms with Gasteiger partial charge in [-0.3, -0.25) is 14.5 Å². The lowest BCUT2D eigenvalue weighted by Crippen LogP contribution is -2.40. The topological polar surface area (TPSA) is 127 Å². The van der Waals surface area contributed by atoms with Crippen molar-refractivity contribution in [3.63, 3.8) is 0 Å². The van der Waals surface area contributed by atoms with Gasteiger partial charge in [0.05, 0.1) is 22.6 Å². The average Bonchev–Trinajstić information content (AvgIpc) is 2.96. The molecule has 1 fully saturated rings. The maximum Gasteiger partial charge on any atom is 0.328 e. The van der Waals surface area contributed by atoms with E-state index < -0.39 is 11.9 Å². The number of para-hydroxylation sites is 3. The smallest absolute Gasteiger partial charge is 0.328 e. The number of benzene rings is 2. The highest BCUT2D eigenvalue weighted by atomic mass is 16.4. The largest absolute Gasteiger partial charge is 0.478 e. The molecular weight excluding hydrogens is 450 g/mol. The molecular formula is C26H29N3O6. The fourth-order valence-corrected chi connectivity index (χ4v) is 4.21. The highest BCUT2D eigenvalue weighted by molar-refractivity contribution is 6.17. The van der Waals surface area contributed by atoms with E-state index in [1.807, 2.05) is 42.5 Å². The maximum absolute atomic E-state index is 13.3. The number of hydrogen-bond acceptors (Lipinski definition) is 5. The van der Waals surface area contributed by atoms with Crippen molar-refractivity contribution >= 4 is 40.8 Å². The molecule has 2 amide bonds. The monoisotopic (exact) mass is 479 g/mol. The number of amides is 2. The number of carbonyl (C=O) groups excluding carboxylic acids is 2. The summed E-state index contributed by atoms with van der Waals surface area (Å²) in [7, 11) is 0. The Morgan fingerprint density at radius 1 is 0.971 bits per heavy atom. The number of nitrogens with zero attached hydrogens (tertiary/aromatic N) is 2. The van der Waals surface area contributed by atoms with E-state index in [9.17, 15) is 19.2 Å². The standard InChI is InChI=1S/C22H25N3O2.C4H4O4/c1-16-8-6-7-14-24(16)15-13-21(26)25-19-11-4-2-9-17(19)22(27)23-18-10-3-5-12-20(18)25;5-3(6)1-2-4(7)8/h2-5,9-12,16H,6-8,13-15H2,1H3,(H,23,27);1-2H,(H,5,6)(H,7,8).